The summed E-state index contributed by atoms with van der Waals surface area (Å²) in [5.74, 6) is -0.0538. The molecule has 2 N–H and O–H groups in total. The van der Waals surface area contributed by atoms with Gasteiger partial charge in [0.2, 0.25) is 10.0 Å². The van der Waals surface area contributed by atoms with Crippen LogP contribution in [-0.2, 0) is 10.0 Å². The Morgan fingerprint density at radius 3 is 2.40 bits per heavy atom. The van der Waals surface area contributed by atoms with Gasteiger partial charge in [0, 0.05) is 5.56 Å². The Labute approximate surface area is 85.7 Å². The van der Waals surface area contributed by atoms with E-state index in [1.165, 1.54) is 7.11 Å². The molecule has 0 saturated heterocycles. The molecule has 0 radical (unpaired) electrons. The molecule has 0 bridgehead atoms. The van der Waals surface area contributed by atoms with E-state index in [2.05, 4.69) is 0 Å². The Balaban J connectivity index is 3.39. The van der Waals surface area contributed by atoms with Gasteiger partial charge in [0.05, 0.1) is 7.11 Å². The second kappa shape index (κ2) is 4.11. The molecular weight excluding hydrogens is 228 g/mol. The van der Waals surface area contributed by atoms with Crippen molar-refractivity contribution < 1.29 is 21.9 Å². The van der Waals surface area contributed by atoms with E-state index in [9.17, 15) is 17.2 Å². The van der Waals surface area contributed by atoms with Crippen molar-refractivity contribution in [2.24, 2.45) is 5.14 Å². The van der Waals surface area contributed by atoms with Crippen LogP contribution in [0.2, 0.25) is 0 Å². The van der Waals surface area contributed by atoms with E-state index in [1.807, 2.05) is 0 Å². The van der Waals surface area contributed by atoms with Crippen molar-refractivity contribution in [1.29, 1.82) is 0 Å². The molecule has 4 nitrogen and oxygen atoms in total. The number of primary sulfonamides is 1. The van der Waals surface area contributed by atoms with E-state index in [1.54, 1.807) is 0 Å². The number of hydrogen-bond donors (Lipinski definition) is 1. The normalized spacial score (nSPS) is 11.8. The number of hydrogen-bond acceptors (Lipinski definition) is 3. The van der Waals surface area contributed by atoms with E-state index in [0.717, 1.165) is 18.2 Å². The predicted octanol–water partition coefficient (Wildman–Crippen LogP) is 1.28. The quantitative estimate of drug-likeness (QED) is 0.860. The second-order valence-corrected chi connectivity index (χ2v) is 4.29. The maximum atomic E-state index is 12.3. The van der Waals surface area contributed by atoms with Gasteiger partial charge in [0.15, 0.2) is 0 Å². The highest BCUT2D eigenvalue weighted by Gasteiger charge is 2.18. The third-order valence-corrected chi connectivity index (χ3v) is 2.68. The molecular formula is C8H9F2NO3S. The summed E-state index contributed by atoms with van der Waals surface area (Å²) in [7, 11) is -2.83. The number of halogens is 2. The average Bonchev–Trinajstić information content (AvgIpc) is 2.15. The topological polar surface area (TPSA) is 69.4 Å². The predicted molar refractivity (Wildman–Crippen MR) is 49.3 cm³/mol. The third-order valence-electron chi connectivity index (χ3n) is 1.75. The lowest BCUT2D eigenvalue weighted by molar-refractivity contribution is 0.151. The lowest BCUT2D eigenvalue weighted by Gasteiger charge is -2.08. The van der Waals surface area contributed by atoms with Crippen LogP contribution < -0.4 is 9.88 Å². The first-order chi connectivity index (χ1) is 6.86. The fourth-order valence-electron chi connectivity index (χ4n) is 1.05. The van der Waals surface area contributed by atoms with Gasteiger partial charge >= 0.3 is 0 Å². The summed E-state index contributed by atoms with van der Waals surface area (Å²) in [6.45, 7) is 0. The van der Waals surface area contributed by atoms with Gasteiger partial charge in [-0.1, -0.05) is 0 Å². The Morgan fingerprint density at radius 1 is 1.40 bits per heavy atom. The van der Waals surface area contributed by atoms with E-state index in [4.69, 9.17) is 9.88 Å². The molecule has 0 saturated carbocycles. The number of ether oxygens (including phenoxy) is 1. The van der Waals surface area contributed by atoms with Gasteiger partial charge in [0.1, 0.15) is 10.6 Å². The van der Waals surface area contributed by atoms with Gasteiger partial charge in [-0.05, 0) is 18.2 Å². The summed E-state index contributed by atoms with van der Waals surface area (Å²) in [5.41, 5.74) is -0.417. The first kappa shape index (κ1) is 11.9. The molecule has 15 heavy (non-hydrogen) atoms. The van der Waals surface area contributed by atoms with E-state index >= 15 is 0 Å². The Bertz CT molecular complexity index is 459. The van der Waals surface area contributed by atoms with Gasteiger partial charge in [0.25, 0.3) is 6.43 Å². The van der Waals surface area contributed by atoms with E-state index in [-0.39, 0.29) is 5.75 Å². The number of rotatable bonds is 3. The highest BCUT2D eigenvalue weighted by atomic mass is 32.2. The largest absolute Gasteiger partial charge is 0.495 e. The molecule has 0 aliphatic heterocycles. The van der Waals surface area contributed by atoms with Crippen molar-refractivity contribution in [3.05, 3.63) is 23.8 Å². The summed E-state index contributed by atoms with van der Waals surface area (Å²) >= 11 is 0. The van der Waals surface area contributed by atoms with Crippen molar-refractivity contribution in [2.45, 2.75) is 11.3 Å². The number of nitrogens with two attached hydrogens (primary N) is 1. The molecule has 0 aliphatic carbocycles. The van der Waals surface area contributed by atoms with Crippen LogP contribution in [0.4, 0.5) is 8.78 Å². The minimum absolute atomic E-state index is 0.0538. The van der Waals surface area contributed by atoms with E-state index < -0.39 is 26.9 Å². The molecule has 0 aromatic heterocycles. The van der Waals surface area contributed by atoms with E-state index in [0.29, 0.717) is 0 Å². The fourth-order valence-corrected chi connectivity index (χ4v) is 1.78. The lowest BCUT2D eigenvalue weighted by Crippen LogP contribution is -2.13. The molecule has 1 aromatic rings. The number of alkyl halides is 2. The summed E-state index contributed by atoms with van der Waals surface area (Å²) in [5, 5.41) is 4.85. The molecule has 0 heterocycles. The Kier molecular flexibility index (Phi) is 3.25. The minimum Gasteiger partial charge on any atom is -0.495 e. The molecule has 0 aliphatic rings. The van der Waals surface area contributed by atoms with Gasteiger partial charge in [-0.2, -0.15) is 0 Å². The van der Waals surface area contributed by atoms with Crippen molar-refractivity contribution in [3.63, 3.8) is 0 Å². The van der Waals surface area contributed by atoms with Crippen molar-refractivity contribution in [2.75, 3.05) is 7.11 Å². The lowest BCUT2D eigenvalue weighted by atomic mass is 10.2. The molecule has 0 amide bonds. The maximum absolute atomic E-state index is 12.3. The summed E-state index contributed by atoms with van der Waals surface area (Å²) < 4.78 is 51.4. The van der Waals surface area contributed by atoms with Crippen LogP contribution in [0.3, 0.4) is 0 Å². The SMILES string of the molecule is COc1ccc(C(F)F)cc1S(N)(=O)=O. The highest BCUT2D eigenvalue weighted by molar-refractivity contribution is 7.89. The molecule has 0 fully saturated rings. The van der Waals surface area contributed by atoms with Crippen molar-refractivity contribution in [3.8, 4) is 5.75 Å². The Morgan fingerprint density at radius 2 is 2.00 bits per heavy atom. The molecule has 0 atom stereocenters. The van der Waals surface area contributed by atoms with Crippen LogP contribution in [0.15, 0.2) is 23.1 Å². The van der Waals surface area contributed by atoms with Crippen LogP contribution in [0.5, 0.6) is 5.75 Å². The monoisotopic (exact) mass is 237 g/mol. The number of benzene rings is 1. The van der Waals surface area contributed by atoms with Gasteiger partial charge in [-0.3, -0.25) is 0 Å². The van der Waals surface area contributed by atoms with Crippen LogP contribution in [0.25, 0.3) is 0 Å². The molecule has 7 heteroatoms. The molecule has 0 spiro atoms. The first-order valence-corrected chi connectivity index (χ1v) is 5.39. The van der Waals surface area contributed by atoms with Crippen molar-refractivity contribution >= 4 is 10.0 Å². The maximum Gasteiger partial charge on any atom is 0.263 e. The minimum atomic E-state index is -4.06. The Hall–Kier alpha value is -1.21. The fraction of sp³-hybridized carbons (Fsp3) is 0.250. The summed E-state index contributed by atoms with van der Waals surface area (Å²) in [4.78, 5) is -0.442. The van der Waals surface area contributed by atoms with Crippen LogP contribution >= 0.6 is 0 Å². The zero-order chi connectivity index (χ0) is 11.6. The molecule has 0 unspecified atom stereocenters. The van der Waals surface area contributed by atoms with Crippen LogP contribution in [0, 0.1) is 0 Å². The second-order valence-electron chi connectivity index (χ2n) is 2.76. The molecule has 84 valence electrons. The third kappa shape index (κ3) is 2.63. The zero-order valence-electron chi connectivity index (χ0n) is 7.78. The molecule has 1 aromatic carbocycles. The molecule has 1 rings (SSSR count). The summed E-state index contributed by atoms with van der Waals surface area (Å²) in [6.07, 6.45) is -2.75. The number of sulfonamides is 1. The summed E-state index contributed by atoms with van der Waals surface area (Å²) in [6, 6.07) is 3.03. The zero-order valence-corrected chi connectivity index (χ0v) is 8.59. The van der Waals surface area contributed by atoms with Crippen molar-refractivity contribution in [1.82, 2.24) is 0 Å². The smallest absolute Gasteiger partial charge is 0.263 e. The van der Waals surface area contributed by atoms with Gasteiger partial charge < -0.3 is 4.74 Å². The van der Waals surface area contributed by atoms with Gasteiger partial charge in [-0.15, -0.1) is 0 Å². The van der Waals surface area contributed by atoms with Gasteiger partial charge in [-0.25, -0.2) is 22.3 Å². The number of methoxy groups -OCH3 is 1. The highest BCUT2D eigenvalue weighted by Crippen LogP contribution is 2.28. The first-order valence-electron chi connectivity index (χ1n) is 3.85. The standard InChI is InChI=1S/C8H9F2NO3S/c1-14-6-3-2-5(8(9)10)4-7(6)15(11,12)13/h2-4,8H,1H3,(H2,11,12,13). The van der Waals surface area contributed by atoms with Crippen LogP contribution in [-0.4, -0.2) is 15.5 Å². The van der Waals surface area contributed by atoms with Crippen LogP contribution in [0.1, 0.15) is 12.0 Å². The average molecular weight is 237 g/mol.